The van der Waals surface area contributed by atoms with Crippen LogP contribution < -0.4 is 0 Å². The Bertz CT molecular complexity index is 327. The van der Waals surface area contributed by atoms with Crippen molar-refractivity contribution in [3.63, 3.8) is 0 Å². The number of aliphatic hydroxyl groups excluding tert-OH is 1. The van der Waals surface area contributed by atoms with Crippen LogP contribution in [0.4, 0.5) is 0 Å². The van der Waals surface area contributed by atoms with Gasteiger partial charge in [-0.25, -0.2) is 0 Å². The van der Waals surface area contributed by atoms with Crippen molar-refractivity contribution in [3.8, 4) is 0 Å². The molecule has 1 aromatic rings. The SMILES string of the molecule is CCC(C)C(O)c1ccc(C2CCCCC2)cc1. The molecule has 1 N–H and O–H groups in total. The van der Waals surface area contributed by atoms with Gasteiger partial charge in [-0.2, -0.15) is 0 Å². The van der Waals surface area contributed by atoms with E-state index in [-0.39, 0.29) is 6.10 Å². The van der Waals surface area contributed by atoms with Crippen LogP contribution in [0.3, 0.4) is 0 Å². The summed E-state index contributed by atoms with van der Waals surface area (Å²) in [6.45, 7) is 4.24. The molecule has 2 rings (SSSR count). The van der Waals surface area contributed by atoms with Crippen LogP contribution in [0, 0.1) is 5.92 Å². The standard InChI is InChI=1S/C17H26O/c1-3-13(2)17(18)16-11-9-15(10-12-16)14-7-5-4-6-8-14/h9-14,17-18H,3-8H2,1-2H3. The lowest BCUT2D eigenvalue weighted by atomic mass is 9.83. The minimum atomic E-state index is -0.310. The van der Waals surface area contributed by atoms with Gasteiger partial charge in [0.15, 0.2) is 0 Å². The van der Waals surface area contributed by atoms with Crippen molar-refractivity contribution in [1.29, 1.82) is 0 Å². The normalized spacial score (nSPS) is 20.6. The quantitative estimate of drug-likeness (QED) is 0.808. The molecule has 1 aliphatic rings. The maximum Gasteiger partial charge on any atom is 0.0815 e. The number of rotatable bonds is 4. The Hall–Kier alpha value is -0.820. The highest BCUT2D eigenvalue weighted by Crippen LogP contribution is 2.33. The molecule has 0 aliphatic heterocycles. The smallest absolute Gasteiger partial charge is 0.0815 e. The van der Waals surface area contributed by atoms with Gasteiger partial charge in [-0.05, 0) is 35.8 Å². The van der Waals surface area contributed by atoms with Gasteiger partial charge in [0.1, 0.15) is 0 Å². The zero-order valence-electron chi connectivity index (χ0n) is 11.7. The first-order valence-electron chi connectivity index (χ1n) is 7.50. The first-order valence-corrected chi connectivity index (χ1v) is 7.50. The van der Waals surface area contributed by atoms with Crippen LogP contribution in [-0.4, -0.2) is 5.11 Å². The first-order chi connectivity index (χ1) is 8.72. The molecule has 1 nitrogen and oxygen atoms in total. The van der Waals surface area contributed by atoms with E-state index in [1.807, 2.05) is 0 Å². The van der Waals surface area contributed by atoms with E-state index in [1.165, 1.54) is 37.7 Å². The summed E-state index contributed by atoms with van der Waals surface area (Å²) in [7, 11) is 0. The lowest BCUT2D eigenvalue weighted by Gasteiger charge is -2.23. The summed E-state index contributed by atoms with van der Waals surface area (Å²) in [4.78, 5) is 0. The summed E-state index contributed by atoms with van der Waals surface area (Å²) in [5.41, 5.74) is 2.54. The fourth-order valence-corrected chi connectivity index (χ4v) is 2.95. The van der Waals surface area contributed by atoms with Gasteiger partial charge in [0, 0.05) is 0 Å². The molecule has 0 spiro atoms. The van der Waals surface area contributed by atoms with Gasteiger partial charge in [0.2, 0.25) is 0 Å². The van der Waals surface area contributed by atoms with Crippen LogP contribution in [-0.2, 0) is 0 Å². The van der Waals surface area contributed by atoms with Gasteiger partial charge in [-0.1, -0.05) is 63.8 Å². The van der Waals surface area contributed by atoms with Gasteiger partial charge >= 0.3 is 0 Å². The molecule has 2 atom stereocenters. The van der Waals surface area contributed by atoms with E-state index in [4.69, 9.17) is 0 Å². The zero-order valence-corrected chi connectivity index (χ0v) is 11.7. The molecular formula is C17H26O. The van der Waals surface area contributed by atoms with E-state index in [0.717, 1.165) is 17.9 Å². The number of hydrogen-bond acceptors (Lipinski definition) is 1. The molecule has 0 amide bonds. The Balaban J connectivity index is 2.04. The average Bonchev–Trinajstić information content (AvgIpc) is 2.47. The first kappa shape index (κ1) is 13.6. The second-order valence-corrected chi connectivity index (χ2v) is 5.83. The molecule has 0 aromatic heterocycles. The number of benzene rings is 1. The van der Waals surface area contributed by atoms with Gasteiger partial charge in [0.05, 0.1) is 6.10 Å². The van der Waals surface area contributed by atoms with Gasteiger partial charge < -0.3 is 5.11 Å². The molecule has 100 valence electrons. The van der Waals surface area contributed by atoms with Crippen molar-refractivity contribution in [2.75, 3.05) is 0 Å². The highest BCUT2D eigenvalue weighted by molar-refractivity contribution is 5.27. The van der Waals surface area contributed by atoms with E-state index < -0.39 is 0 Å². The number of aliphatic hydroxyl groups is 1. The fraction of sp³-hybridized carbons (Fsp3) is 0.647. The lowest BCUT2D eigenvalue weighted by Crippen LogP contribution is -2.09. The summed E-state index contributed by atoms with van der Waals surface area (Å²) in [6, 6.07) is 8.72. The Morgan fingerprint density at radius 2 is 1.72 bits per heavy atom. The monoisotopic (exact) mass is 246 g/mol. The highest BCUT2D eigenvalue weighted by atomic mass is 16.3. The molecule has 0 heterocycles. The largest absolute Gasteiger partial charge is 0.388 e. The van der Waals surface area contributed by atoms with Gasteiger partial charge in [-0.15, -0.1) is 0 Å². The van der Waals surface area contributed by atoms with Crippen LogP contribution in [0.5, 0.6) is 0 Å². The maximum absolute atomic E-state index is 10.2. The van der Waals surface area contributed by atoms with Crippen LogP contribution in [0.2, 0.25) is 0 Å². The van der Waals surface area contributed by atoms with Crippen LogP contribution in [0.1, 0.15) is 75.5 Å². The van der Waals surface area contributed by atoms with E-state index >= 15 is 0 Å². The van der Waals surface area contributed by atoms with Crippen molar-refractivity contribution in [3.05, 3.63) is 35.4 Å². The second kappa shape index (κ2) is 6.38. The molecule has 0 radical (unpaired) electrons. The molecule has 0 bridgehead atoms. The summed E-state index contributed by atoms with van der Waals surface area (Å²) in [6.07, 6.45) is 7.55. The van der Waals surface area contributed by atoms with E-state index in [1.54, 1.807) is 0 Å². The summed E-state index contributed by atoms with van der Waals surface area (Å²) < 4.78 is 0. The molecule has 1 heteroatoms. The number of hydrogen-bond donors (Lipinski definition) is 1. The summed E-state index contributed by atoms with van der Waals surface area (Å²) in [5, 5.41) is 10.2. The molecule has 0 saturated heterocycles. The highest BCUT2D eigenvalue weighted by Gasteiger charge is 2.17. The minimum Gasteiger partial charge on any atom is -0.388 e. The predicted octanol–water partition coefficient (Wildman–Crippen LogP) is 4.81. The Labute approximate surface area is 111 Å². The minimum absolute atomic E-state index is 0.310. The van der Waals surface area contributed by atoms with E-state index in [2.05, 4.69) is 38.1 Å². The van der Waals surface area contributed by atoms with Crippen molar-refractivity contribution in [1.82, 2.24) is 0 Å². The molecule has 2 unspecified atom stereocenters. The topological polar surface area (TPSA) is 20.2 Å². The van der Waals surface area contributed by atoms with Crippen LogP contribution in [0.25, 0.3) is 0 Å². The zero-order chi connectivity index (χ0) is 13.0. The molecule has 18 heavy (non-hydrogen) atoms. The van der Waals surface area contributed by atoms with E-state index in [9.17, 15) is 5.11 Å². The Morgan fingerprint density at radius 1 is 1.11 bits per heavy atom. The maximum atomic E-state index is 10.2. The summed E-state index contributed by atoms with van der Waals surface area (Å²) in [5.74, 6) is 1.10. The van der Waals surface area contributed by atoms with Crippen LogP contribution in [0.15, 0.2) is 24.3 Å². The van der Waals surface area contributed by atoms with Gasteiger partial charge in [-0.3, -0.25) is 0 Å². The Morgan fingerprint density at radius 3 is 2.28 bits per heavy atom. The van der Waals surface area contributed by atoms with Gasteiger partial charge in [0.25, 0.3) is 0 Å². The summed E-state index contributed by atoms with van der Waals surface area (Å²) >= 11 is 0. The average molecular weight is 246 g/mol. The third-order valence-corrected chi connectivity index (χ3v) is 4.54. The fourth-order valence-electron chi connectivity index (χ4n) is 2.95. The van der Waals surface area contributed by atoms with Crippen molar-refractivity contribution >= 4 is 0 Å². The third kappa shape index (κ3) is 3.14. The van der Waals surface area contributed by atoms with Crippen molar-refractivity contribution in [2.45, 2.75) is 64.4 Å². The van der Waals surface area contributed by atoms with Crippen molar-refractivity contribution in [2.24, 2.45) is 5.92 Å². The lowest BCUT2D eigenvalue weighted by molar-refractivity contribution is 0.115. The predicted molar refractivity (Wildman–Crippen MR) is 76.7 cm³/mol. The van der Waals surface area contributed by atoms with Crippen LogP contribution >= 0.6 is 0 Å². The molecular weight excluding hydrogens is 220 g/mol. The third-order valence-electron chi connectivity index (χ3n) is 4.54. The molecule has 1 saturated carbocycles. The molecule has 1 aromatic carbocycles. The van der Waals surface area contributed by atoms with Crippen molar-refractivity contribution < 1.29 is 5.11 Å². The second-order valence-electron chi connectivity index (χ2n) is 5.83. The van der Waals surface area contributed by atoms with E-state index in [0.29, 0.717) is 5.92 Å². The molecule has 1 fully saturated rings. The Kier molecular flexibility index (Phi) is 4.82. The molecule has 1 aliphatic carbocycles.